The molecule has 160 valence electrons. The van der Waals surface area contributed by atoms with Gasteiger partial charge in [0, 0.05) is 17.9 Å². The molecule has 3 N–H and O–H groups in total. The lowest BCUT2D eigenvalue weighted by Gasteiger charge is -2.14. The normalized spacial score (nSPS) is 11.4. The molecule has 0 aromatic heterocycles. The molecule has 0 spiro atoms. The zero-order valence-corrected chi connectivity index (χ0v) is 17.7. The highest BCUT2D eigenvalue weighted by Crippen LogP contribution is 2.13. The number of urea groups is 1. The lowest BCUT2D eigenvalue weighted by Crippen LogP contribution is -2.34. The van der Waals surface area contributed by atoms with Crippen LogP contribution < -0.4 is 16.0 Å². The van der Waals surface area contributed by atoms with Crippen LogP contribution in [0.5, 0.6) is 0 Å². The first kappa shape index (κ1) is 22.1. The highest BCUT2D eigenvalue weighted by Gasteiger charge is 2.13. The van der Waals surface area contributed by atoms with E-state index < -0.39 is 6.10 Å². The van der Waals surface area contributed by atoms with Crippen LogP contribution in [0.3, 0.4) is 0 Å². The van der Waals surface area contributed by atoms with E-state index in [0.29, 0.717) is 18.8 Å². The summed E-state index contributed by atoms with van der Waals surface area (Å²) in [5.41, 5.74) is 4.33. The number of anilines is 2. The second-order valence-electron chi connectivity index (χ2n) is 7.31. The van der Waals surface area contributed by atoms with Crippen LogP contribution in [0.1, 0.15) is 23.6 Å². The fourth-order valence-electron chi connectivity index (χ4n) is 2.98. The van der Waals surface area contributed by atoms with E-state index >= 15 is 0 Å². The van der Waals surface area contributed by atoms with Crippen LogP contribution in [0.25, 0.3) is 0 Å². The minimum atomic E-state index is -0.568. The Labute approximate surface area is 182 Å². The third kappa shape index (κ3) is 7.28. The number of benzene rings is 3. The number of rotatable bonds is 8. The largest absolute Gasteiger partial charge is 0.364 e. The molecule has 0 heterocycles. The molecule has 1 atom stereocenters. The number of nitrogens with one attached hydrogen (secondary N) is 3. The van der Waals surface area contributed by atoms with Crippen molar-refractivity contribution in [2.45, 2.75) is 33.1 Å². The Morgan fingerprint density at radius 1 is 0.839 bits per heavy atom. The number of carbonyl (C=O) groups excluding carboxylic acids is 2. The minimum absolute atomic E-state index is 0.188. The summed E-state index contributed by atoms with van der Waals surface area (Å²) in [5, 5.41) is 8.49. The predicted molar refractivity (Wildman–Crippen MR) is 123 cm³/mol. The number of hydrogen-bond acceptors (Lipinski definition) is 3. The van der Waals surface area contributed by atoms with E-state index in [2.05, 4.69) is 16.0 Å². The van der Waals surface area contributed by atoms with Gasteiger partial charge in [-0.15, -0.1) is 0 Å². The molecule has 6 nitrogen and oxygen atoms in total. The highest BCUT2D eigenvalue weighted by molar-refractivity contribution is 5.99. The fourth-order valence-corrected chi connectivity index (χ4v) is 2.98. The van der Waals surface area contributed by atoms with E-state index in [9.17, 15) is 9.59 Å². The van der Waals surface area contributed by atoms with E-state index in [-0.39, 0.29) is 11.9 Å². The van der Waals surface area contributed by atoms with Crippen molar-refractivity contribution in [1.29, 1.82) is 0 Å². The molecule has 0 aliphatic heterocycles. The lowest BCUT2D eigenvalue weighted by atomic mass is 10.2. The number of carbonyl (C=O) groups is 2. The Balaban J connectivity index is 1.47. The maximum Gasteiger partial charge on any atom is 0.323 e. The molecule has 0 bridgehead atoms. The topological polar surface area (TPSA) is 79.5 Å². The van der Waals surface area contributed by atoms with Crippen LogP contribution in [0, 0.1) is 6.92 Å². The first-order chi connectivity index (χ1) is 15.0. The van der Waals surface area contributed by atoms with Crippen molar-refractivity contribution in [3.63, 3.8) is 0 Å². The van der Waals surface area contributed by atoms with Crippen molar-refractivity contribution in [1.82, 2.24) is 5.32 Å². The molecule has 1 unspecified atom stereocenters. The maximum absolute atomic E-state index is 12.3. The van der Waals surface area contributed by atoms with Crippen molar-refractivity contribution in [3.05, 3.63) is 95.6 Å². The van der Waals surface area contributed by atoms with E-state index in [1.807, 2.05) is 79.7 Å². The Hall–Kier alpha value is -3.64. The SMILES string of the molecule is Cc1cccc(NC(=O)Nc2cccc(CNC(=O)C(C)OCc3ccccc3)c2)c1. The Kier molecular flexibility index (Phi) is 7.79. The second kappa shape index (κ2) is 10.9. The molecule has 3 aromatic rings. The van der Waals surface area contributed by atoms with Crippen LogP contribution in [0.2, 0.25) is 0 Å². The van der Waals surface area contributed by atoms with Gasteiger partial charge in [-0.1, -0.05) is 54.6 Å². The molecule has 31 heavy (non-hydrogen) atoms. The van der Waals surface area contributed by atoms with Crippen molar-refractivity contribution < 1.29 is 14.3 Å². The van der Waals surface area contributed by atoms with E-state index in [1.54, 1.807) is 13.0 Å². The molecule has 3 rings (SSSR count). The molecule has 3 aromatic carbocycles. The van der Waals surface area contributed by atoms with Crippen molar-refractivity contribution in [2.24, 2.45) is 0 Å². The minimum Gasteiger partial charge on any atom is -0.364 e. The summed E-state index contributed by atoms with van der Waals surface area (Å²) in [5.74, 6) is -0.188. The predicted octanol–water partition coefficient (Wildman–Crippen LogP) is 4.86. The van der Waals surface area contributed by atoms with Gasteiger partial charge in [-0.25, -0.2) is 4.79 Å². The molecular weight excluding hydrogens is 390 g/mol. The molecular formula is C25H27N3O3. The molecule has 0 aliphatic carbocycles. The third-order valence-electron chi connectivity index (χ3n) is 4.64. The Bertz CT molecular complexity index is 1020. The van der Waals surface area contributed by atoms with Crippen LogP contribution in [-0.4, -0.2) is 18.0 Å². The van der Waals surface area contributed by atoms with Gasteiger partial charge in [0.15, 0.2) is 0 Å². The number of amides is 3. The van der Waals surface area contributed by atoms with Gasteiger partial charge >= 0.3 is 6.03 Å². The summed E-state index contributed by atoms with van der Waals surface area (Å²) < 4.78 is 5.64. The second-order valence-corrected chi connectivity index (χ2v) is 7.31. The van der Waals surface area contributed by atoms with E-state index in [4.69, 9.17) is 4.74 Å². The molecule has 6 heteroatoms. The maximum atomic E-state index is 12.3. The first-order valence-electron chi connectivity index (χ1n) is 10.2. The van der Waals surface area contributed by atoms with Crippen LogP contribution >= 0.6 is 0 Å². The number of hydrogen-bond donors (Lipinski definition) is 3. The first-order valence-corrected chi connectivity index (χ1v) is 10.2. The molecule has 3 amide bonds. The van der Waals surface area contributed by atoms with Gasteiger partial charge in [-0.3, -0.25) is 4.79 Å². The van der Waals surface area contributed by atoms with Crippen LogP contribution in [0.15, 0.2) is 78.9 Å². The summed E-state index contributed by atoms with van der Waals surface area (Å²) in [6.07, 6.45) is -0.568. The third-order valence-corrected chi connectivity index (χ3v) is 4.64. The Morgan fingerprint density at radius 2 is 1.48 bits per heavy atom. The molecule has 0 saturated heterocycles. The molecule has 0 aliphatic rings. The molecule has 0 radical (unpaired) electrons. The standard InChI is InChI=1S/C25H27N3O3/c1-18-8-6-12-22(14-18)27-25(30)28-23-13-7-11-21(15-23)16-26-24(29)19(2)31-17-20-9-4-3-5-10-20/h3-15,19H,16-17H2,1-2H3,(H,26,29)(H2,27,28,30). The number of aryl methyl sites for hydroxylation is 1. The van der Waals surface area contributed by atoms with Gasteiger partial charge in [-0.05, 0) is 54.8 Å². The van der Waals surface area contributed by atoms with Crippen LogP contribution in [-0.2, 0) is 22.7 Å². The van der Waals surface area contributed by atoms with Gasteiger partial charge in [0.05, 0.1) is 6.61 Å². The van der Waals surface area contributed by atoms with E-state index in [0.717, 1.165) is 22.4 Å². The summed E-state index contributed by atoms with van der Waals surface area (Å²) in [6.45, 7) is 4.41. The monoisotopic (exact) mass is 417 g/mol. The number of ether oxygens (including phenoxy) is 1. The van der Waals surface area contributed by atoms with Crippen molar-refractivity contribution in [2.75, 3.05) is 10.6 Å². The van der Waals surface area contributed by atoms with Gasteiger partial charge < -0.3 is 20.7 Å². The van der Waals surface area contributed by atoms with Gasteiger partial charge in [-0.2, -0.15) is 0 Å². The summed E-state index contributed by atoms with van der Waals surface area (Å²) in [4.78, 5) is 24.6. The zero-order chi connectivity index (χ0) is 22.1. The quantitative estimate of drug-likeness (QED) is 0.490. The van der Waals surface area contributed by atoms with Crippen molar-refractivity contribution >= 4 is 23.3 Å². The van der Waals surface area contributed by atoms with Gasteiger partial charge in [0.2, 0.25) is 5.91 Å². The Morgan fingerprint density at radius 3 is 2.19 bits per heavy atom. The smallest absolute Gasteiger partial charge is 0.323 e. The van der Waals surface area contributed by atoms with Crippen molar-refractivity contribution in [3.8, 4) is 0 Å². The fraction of sp³-hybridized carbons (Fsp3) is 0.200. The molecule has 0 saturated carbocycles. The van der Waals surface area contributed by atoms with E-state index in [1.165, 1.54) is 0 Å². The highest BCUT2D eigenvalue weighted by atomic mass is 16.5. The average molecular weight is 418 g/mol. The average Bonchev–Trinajstić information content (AvgIpc) is 2.76. The van der Waals surface area contributed by atoms with Gasteiger partial charge in [0.25, 0.3) is 0 Å². The zero-order valence-electron chi connectivity index (χ0n) is 17.7. The summed E-state index contributed by atoms with van der Waals surface area (Å²) >= 11 is 0. The molecule has 0 fully saturated rings. The lowest BCUT2D eigenvalue weighted by molar-refractivity contribution is -0.132. The summed E-state index contributed by atoms with van der Waals surface area (Å²) in [6, 6.07) is 24.3. The van der Waals surface area contributed by atoms with Gasteiger partial charge in [0.1, 0.15) is 6.10 Å². The summed E-state index contributed by atoms with van der Waals surface area (Å²) in [7, 11) is 0. The van der Waals surface area contributed by atoms with Crippen LogP contribution in [0.4, 0.5) is 16.2 Å².